The van der Waals surface area contributed by atoms with Crippen LogP contribution >= 0.6 is 17.0 Å². The maximum Gasteiger partial charge on any atom is 0.351 e. The molecule has 0 aliphatic rings. The van der Waals surface area contributed by atoms with Crippen LogP contribution in [0.1, 0.15) is 20.3 Å². The van der Waals surface area contributed by atoms with E-state index in [1.54, 1.807) is 6.92 Å². The summed E-state index contributed by atoms with van der Waals surface area (Å²) in [5.74, 6) is -0.395. The van der Waals surface area contributed by atoms with E-state index in [4.69, 9.17) is 0 Å². The van der Waals surface area contributed by atoms with Crippen LogP contribution in [0.25, 0.3) is 0 Å². The molecule has 0 saturated carbocycles. The van der Waals surface area contributed by atoms with Crippen LogP contribution in [0, 0.1) is 0 Å². The van der Waals surface area contributed by atoms with Gasteiger partial charge in [-0.25, -0.2) is 4.79 Å². The first-order valence-electron chi connectivity index (χ1n) is 3.28. The molecule has 0 saturated heterocycles. The van der Waals surface area contributed by atoms with Gasteiger partial charge < -0.3 is 4.84 Å². The van der Waals surface area contributed by atoms with Gasteiger partial charge in [0, 0.05) is 12.1 Å². The summed E-state index contributed by atoms with van der Waals surface area (Å²) in [5.41, 5.74) is 2.91. The SMILES string of the molecule is Br.C=C(C)C(=O)ONCCC. The number of carbonyl (C=O) groups is 1. The lowest BCUT2D eigenvalue weighted by Crippen LogP contribution is -2.20. The molecule has 0 bridgehead atoms. The first-order chi connectivity index (χ1) is 4.68. The van der Waals surface area contributed by atoms with Crippen molar-refractivity contribution >= 4 is 23.0 Å². The fourth-order valence-corrected chi connectivity index (χ4v) is 0.306. The third kappa shape index (κ3) is 7.55. The molecule has 0 aromatic carbocycles. The normalized spacial score (nSPS) is 8.18. The molecule has 1 N–H and O–H groups in total. The Hall–Kier alpha value is -0.350. The molecular formula is C7H14BrNO2. The van der Waals surface area contributed by atoms with Gasteiger partial charge in [-0.3, -0.25) is 0 Å². The van der Waals surface area contributed by atoms with Gasteiger partial charge in [0.25, 0.3) is 0 Å². The van der Waals surface area contributed by atoms with Crippen molar-refractivity contribution in [3.63, 3.8) is 0 Å². The number of hydroxylamine groups is 1. The second kappa shape index (κ2) is 7.75. The summed E-state index contributed by atoms with van der Waals surface area (Å²) >= 11 is 0. The zero-order valence-corrected chi connectivity index (χ0v) is 8.56. The van der Waals surface area contributed by atoms with Crippen LogP contribution in [-0.4, -0.2) is 12.5 Å². The molecule has 0 aromatic heterocycles. The van der Waals surface area contributed by atoms with Crippen LogP contribution in [0.3, 0.4) is 0 Å². The topological polar surface area (TPSA) is 38.3 Å². The van der Waals surface area contributed by atoms with Crippen molar-refractivity contribution < 1.29 is 9.63 Å². The van der Waals surface area contributed by atoms with E-state index in [-0.39, 0.29) is 17.0 Å². The van der Waals surface area contributed by atoms with Crippen molar-refractivity contribution in [1.29, 1.82) is 0 Å². The van der Waals surface area contributed by atoms with Gasteiger partial charge in [-0.15, -0.1) is 17.0 Å². The summed E-state index contributed by atoms with van der Waals surface area (Å²) in [6.07, 6.45) is 0.934. The minimum absolute atomic E-state index is 0. The van der Waals surface area contributed by atoms with Gasteiger partial charge in [0.2, 0.25) is 0 Å². The van der Waals surface area contributed by atoms with E-state index in [0.717, 1.165) is 6.42 Å². The molecule has 0 aromatic rings. The van der Waals surface area contributed by atoms with E-state index in [0.29, 0.717) is 12.1 Å². The Labute approximate surface area is 77.5 Å². The van der Waals surface area contributed by atoms with Crippen molar-refractivity contribution in [1.82, 2.24) is 5.48 Å². The number of halogens is 1. The molecule has 0 heterocycles. The average molecular weight is 224 g/mol. The van der Waals surface area contributed by atoms with Crippen molar-refractivity contribution in [2.24, 2.45) is 0 Å². The molecule has 0 spiro atoms. The lowest BCUT2D eigenvalue weighted by molar-refractivity contribution is -0.146. The zero-order valence-electron chi connectivity index (χ0n) is 6.85. The van der Waals surface area contributed by atoms with Gasteiger partial charge in [0.05, 0.1) is 0 Å². The van der Waals surface area contributed by atoms with Crippen LogP contribution < -0.4 is 5.48 Å². The molecule has 0 atom stereocenters. The number of carbonyl (C=O) groups excluding carboxylic acids is 1. The Bertz CT molecular complexity index is 136. The summed E-state index contributed by atoms with van der Waals surface area (Å²) in [6, 6.07) is 0. The standard InChI is InChI=1S/C7H13NO2.BrH/c1-4-5-8-10-7(9)6(2)3;/h8H,2,4-5H2,1,3H3;1H. The van der Waals surface area contributed by atoms with Crippen LogP contribution in [0.2, 0.25) is 0 Å². The fraction of sp³-hybridized carbons (Fsp3) is 0.571. The van der Waals surface area contributed by atoms with Gasteiger partial charge in [0.15, 0.2) is 0 Å². The summed E-state index contributed by atoms with van der Waals surface area (Å²) in [4.78, 5) is 15.2. The molecule has 11 heavy (non-hydrogen) atoms. The van der Waals surface area contributed by atoms with Crippen LogP contribution in [0.15, 0.2) is 12.2 Å². The van der Waals surface area contributed by atoms with Crippen molar-refractivity contribution in [3.05, 3.63) is 12.2 Å². The van der Waals surface area contributed by atoms with E-state index in [9.17, 15) is 4.79 Å². The quantitative estimate of drug-likeness (QED) is 0.447. The number of hydrogen-bond donors (Lipinski definition) is 1. The van der Waals surface area contributed by atoms with Crippen molar-refractivity contribution in [2.45, 2.75) is 20.3 Å². The molecule has 3 nitrogen and oxygen atoms in total. The maximum absolute atomic E-state index is 10.6. The molecule has 0 aliphatic carbocycles. The van der Waals surface area contributed by atoms with Crippen LogP contribution in [0.5, 0.6) is 0 Å². The van der Waals surface area contributed by atoms with E-state index >= 15 is 0 Å². The van der Waals surface area contributed by atoms with E-state index in [1.807, 2.05) is 6.92 Å². The van der Waals surface area contributed by atoms with Gasteiger partial charge in [0.1, 0.15) is 0 Å². The highest BCUT2D eigenvalue weighted by molar-refractivity contribution is 8.93. The average Bonchev–Trinajstić information content (AvgIpc) is 1.88. The number of rotatable bonds is 4. The number of nitrogens with one attached hydrogen (secondary N) is 1. The fourth-order valence-electron chi connectivity index (χ4n) is 0.306. The summed E-state index contributed by atoms with van der Waals surface area (Å²) in [7, 11) is 0. The predicted octanol–water partition coefficient (Wildman–Crippen LogP) is 1.60. The third-order valence-corrected chi connectivity index (χ3v) is 0.865. The zero-order chi connectivity index (χ0) is 7.98. The van der Waals surface area contributed by atoms with E-state index in [2.05, 4.69) is 16.9 Å². The second-order valence-electron chi connectivity index (χ2n) is 2.06. The Kier molecular flexibility index (Phi) is 9.34. The van der Waals surface area contributed by atoms with Gasteiger partial charge in [-0.2, -0.15) is 5.48 Å². The van der Waals surface area contributed by atoms with Crippen molar-refractivity contribution in [2.75, 3.05) is 6.54 Å². The lowest BCUT2D eigenvalue weighted by Gasteiger charge is -2.02. The molecule has 0 amide bonds. The summed E-state index contributed by atoms with van der Waals surface area (Å²) in [6.45, 7) is 7.69. The molecule has 66 valence electrons. The van der Waals surface area contributed by atoms with Crippen LogP contribution in [-0.2, 0) is 9.63 Å². The van der Waals surface area contributed by atoms with E-state index in [1.165, 1.54) is 0 Å². The number of hydrogen-bond acceptors (Lipinski definition) is 3. The van der Waals surface area contributed by atoms with E-state index < -0.39 is 5.97 Å². The Morgan fingerprint density at radius 1 is 1.64 bits per heavy atom. The Balaban J connectivity index is 0. The largest absolute Gasteiger partial charge is 0.367 e. The highest BCUT2D eigenvalue weighted by Gasteiger charge is 2.00. The molecule has 0 rings (SSSR count). The lowest BCUT2D eigenvalue weighted by atomic mass is 10.4. The highest BCUT2D eigenvalue weighted by atomic mass is 79.9. The summed E-state index contributed by atoms with van der Waals surface area (Å²) < 4.78 is 0. The second-order valence-corrected chi connectivity index (χ2v) is 2.06. The van der Waals surface area contributed by atoms with Crippen LogP contribution in [0.4, 0.5) is 0 Å². The minimum atomic E-state index is -0.395. The van der Waals surface area contributed by atoms with Gasteiger partial charge >= 0.3 is 5.97 Å². The van der Waals surface area contributed by atoms with Crippen molar-refractivity contribution in [3.8, 4) is 0 Å². The molecule has 0 aliphatic heterocycles. The van der Waals surface area contributed by atoms with Gasteiger partial charge in [-0.05, 0) is 13.3 Å². The molecular weight excluding hydrogens is 210 g/mol. The first kappa shape index (κ1) is 13.3. The monoisotopic (exact) mass is 223 g/mol. The molecule has 0 radical (unpaired) electrons. The molecule has 0 fully saturated rings. The summed E-state index contributed by atoms with van der Waals surface area (Å²) in [5, 5.41) is 0. The minimum Gasteiger partial charge on any atom is -0.367 e. The Morgan fingerprint density at radius 3 is 2.55 bits per heavy atom. The smallest absolute Gasteiger partial charge is 0.351 e. The molecule has 4 heteroatoms. The molecule has 0 unspecified atom stereocenters. The predicted molar refractivity (Wildman–Crippen MR) is 49.5 cm³/mol. The third-order valence-electron chi connectivity index (χ3n) is 0.865. The maximum atomic E-state index is 10.6. The highest BCUT2D eigenvalue weighted by Crippen LogP contribution is 1.88. The first-order valence-corrected chi connectivity index (χ1v) is 3.28. The Morgan fingerprint density at radius 2 is 2.18 bits per heavy atom. The van der Waals surface area contributed by atoms with Gasteiger partial charge in [-0.1, -0.05) is 13.5 Å².